The lowest BCUT2D eigenvalue weighted by molar-refractivity contribution is 0.262. The van der Waals surface area contributed by atoms with Crippen LogP contribution in [0.3, 0.4) is 0 Å². The van der Waals surface area contributed by atoms with Gasteiger partial charge in [0.1, 0.15) is 5.75 Å². The number of rotatable bonds is 7. The zero-order valence-electron chi connectivity index (χ0n) is 14.8. The van der Waals surface area contributed by atoms with Gasteiger partial charge in [-0.1, -0.05) is 23.4 Å². The van der Waals surface area contributed by atoms with Crippen LogP contribution in [0.15, 0.2) is 40.0 Å². The molecule has 25 heavy (non-hydrogen) atoms. The number of allylic oxidation sites excluding steroid dienone is 1. The molecule has 6 nitrogen and oxygen atoms in total. The molecule has 1 aliphatic rings. The van der Waals surface area contributed by atoms with Crippen LogP contribution in [-0.4, -0.2) is 24.3 Å². The summed E-state index contributed by atoms with van der Waals surface area (Å²) in [7, 11) is 3.52. The highest BCUT2D eigenvalue weighted by Gasteiger charge is 2.18. The third kappa shape index (κ3) is 4.64. The number of hydrogen-bond donors (Lipinski definition) is 1. The number of methoxy groups -OCH3 is 1. The van der Waals surface area contributed by atoms with Gasteiger partial charge in [0.25, 0.3) is 0 Å². The van der Waals surface area contributed by atoms with Crippen molar-refractivity contribution < 1.29 is 4.74 Å². The quantitative estimate of drug-likeness (QED) is 0.750. The van der Waals surface area contributed by atoms with Gasteiger partial charge in [-0.15, -0.1) is 16.5 Å². The van der Waals surface area contributed by atoms with E-state index in [1.54, 1.807) is 23.6 Å². The van der Waals surface area contributed by atoms with Crippen LogP contribution < -0.4 is 10.2 Å². The third-order valence-electron chi connectivity index (χ3n) is 3.95. The summed E-state index contributed by atoms with van der Waals surface area (Å²) in [5.41, 5.74) is 6.47. The van der Waals surface area contributed by atoms with E-state index in [0.717, 1.165) is 41.1 Å². The van der Waals surface area contributed by atoms with E-state index in [-0.39, 0.29) is 6.17 Å². The molecule has 0 saturated carbocycles. The topological polar surface area (TPSA) is 62.1 Å². The summed E-state index contributed by atoms with van der Waals surface area (Å²) in [5.74, 6) is 0.860. The molecule has 2 aromatic rings. The molecular weight excluding hydrogens is 334 g/mol. The second-order valence-corrected chi connectivity index (χ2v) is 6.98. The molecule has 0 bridgehead atoms. The van der Waals surface area contributed by atoms with Crippen molar-refractivity contribution in [2.24, 2.45) is 10.3 Å². The number of nitrogens with zero attached hydrogens (tertiary/aromatic N) is 4. The van der Waals surface area contributed by atoms with Gasteiger partial charge in [0, 0.05) is 18.0 Å². The molecule has 0 aliphatic carbocycles. The summed E-state index contributed by atoms with van der Waals surface area (Å²) in [6.07, 6.45) is 7.28. The normalized spacial score (nSPS) is 16.9. The standard InChI is InChI=1S/C18H23N5OS/c1-13-19-16(12-25-13)8-6-4-5-7-14-11-15(9-10-17(14)24-3)18-20-22-23(2)21-18/h5,7,9-12,18,21H,4,6,8H2,1-3H3/b7-5+. The predicted molar refractivity (Wildman–Crippen MR) is 100 cm³/mol. The van der Waals surface area contributed by atoms with Crippen LogP contribution >= 0.6 is 11.3 Å². The maximum Gasteiger partial charge on any atom is 0.166 e. The molecule has 2 heterocycles. The number of ether oxygens (including phenoxy) is 1. The van der Waals surface area contributed by atoms with Gasteiger partial charge < -0.3 is 4.74 Å². The lowest BCUT2D eigenvalue weighted by Crippen LogP contribution is -2.26. The minimum atomic E-state index is -0.143. The van der Waals surface area contributed by atoms with Crippen molar-refractivity contribution in [2.75, 3.05) is 14.2 Å². The fourth-order valence-corrected chi connectivity index (χ4v) is 3.33. The third-order valence-corrected chi connectivity index (χ3v) is 4.77. The van der Waals surface area contributed by atoms with Crippen LogP contribution in [0.1, 0.15) is 40.8 Å². The smallest absolute Gasteiger partial charge is 0.166 e. The molecule has 1 aromatic heterocycles. The molecule has 0 fully saturated rings. The first-order valence-electron chi connectivity index (χ1n) is 8.32. The molecule has 132 valence electrons. The van der Waals surface area contributed by atoms with Gasteiger partial charge in [-0.3, -0.25) is 0 Å². The van der Waals surface area contributed by atoms with E-state index in [9.17, 15) is 0 Å². The lowest BCUT2D eigenvalue weighted by atomic mass is 10.1. The Morgan fingerprint density at radius 2 is 2.28 bits per heavy atom. The first-order chi connectivity index (χ1) is 12.2. The van der Waals surface area contributed by atoms with E-state index < -0.39 is 0 Å². The SMILES string of the molecule is COc1ccc(C2N=NN(C)N2)cc1/C=C/CCCc1csc(C)n1. The van der Waals surface area contributed by atoms with Crippen molar-refractivity contribution in [2.45, 2.75) is 32.4 Å². The number of unbranched alkanes of at least 4 members (excludes halogenated alkanes) is 1. The molecule has 0 saturated heterocycles. The van der Waals surface area contributed by atoms with Crippen LogP contribution in [0.2, 0.25) is 0 Å². The van der Waals surface area contributed by atoms with E-state index in [2.05, 4.69) is 44.3 Å². The van der Waals surface area contributed by atoms with Gasteiger partial charge in [-0.05, 0) is 43.9 Å². The highest BCUT2D eigenvalue weighted by atomic mass is 32.1. The summed E-state index contributed by atoms with van der Waals surface area (Å²) >= 11 is 1.71. The molecular formula is C18H23N5OS. The fourth-order valence-electron chi connectivity index (χ4n) is 2.69. The average Bonchev–Trinajstić information content (AvgIpc) is 3.23. The van der Waals surface area contributed by atoms with Gasteiger partial charge in [0.2, 0.25) is 0 Å². The second-order valence-electron chi connectivity index (χ2n) is 5.91. The van der Waals surface area contributed by atoms with Crippen molar-refractivity contribution in [3.63, 3.8) is 0 Å². The molecule has 3 rings (SSSR count). The van der Waals surface area contributed by atoms with Crippen molar-refractivity contribution in [3.05, 3.63) is 51.5 Å². The zero-order chi connectivity index (χ0) is 17.6. The molecule has 0 radical (unpaired) electrons. The predicted octanol–water partition coefficient (Wildman–Crippen LogP) is 4.31. The highest BCUT2D eigenvalue weighted by Crippen LogP contribution is 2.27. The summed E-state index contributed by atoms with van der Waals surface area (Å²) in [5, 5.41) is 13.1. The van der Waals surface area contributed by atoms with Crippen LogP contribution in [0.4, 0.5) is 0 Å². The number of aryl methyl sites for hydroxylation is 2. The van der Waals surface area contributed by atoms with Gasteiger partial charge in [-0.25, -0.2) is 10.1 Å². The Labute approximate surface area is 152 Å². The maximum absolute atomic E-state index is 5.47. The molecule has 1 aromatic carbocycles. The first kappa shape index (κ1) is 17.6. The van der Waals surface area contributed by atoms with Crippen LogP contribution in [0, 0.1) is 6.92 Å². The van der Waals surface area contributed by atoms with Gasteiger partial charge in [0.15, 0.2) is 6.17 Å². The van der Waals surface area contributed by atoms with Crippen LogP contribution in [0.5, 0.6) is 5.75 Å². The number of nitrogens with one attached hydrogen (secondary N) is 1. The van der Waals surface area contributed by atoms with E-state index in [0.29, 0.717) is 0 Å². The molecule has 1 aliphatic heterocycles. The highest BCUT2D eigenvalue weighted by molar-refractivity contribution is 7.09. The molecule has 1 atom stereocenters. The largest absolute Gasteiger partial charge is 0.496 e. The fraction of sp³-hybridized carbons (Fsp3) is 0.389. The Hall–Kier alpha value is -2.25. The van der Waals surface area contributed by atoms with Gasteiger partial charge >= 0.3 is 0 Å². The molecule has 1 unspecified atom stereocenters. The number of hydrogen-bond acceptors (Lipinski definition) is 7. The summed E-state index contributed by atoms with van der Waals surface area (Å²) in [6, 6.07) is 6.08. The minimum absolute atomic E-state index is 0.143. The Kier molecular flexibility index (Phi) is 5.78. The minimum Gasteiger partial charge on any atom is -0.496 e. The lowest BCUT2D eigenvalue weighted by Gasteiger charge is -2.12. The molecule has 0 amide bonds. The van der Waals surface area contributed by atoms with Gasteiger partial charge in [0.05, 0.1) is 17.8 Å². The van der Waals surface area contributed by atoms with Crippen molar-refractivity contribution in [3.8, 4) is 5.75 Å². The first-order valence-corrected chi connectivity index (χ1v) is 9.20. The Balaban J connectivity index is 1.60. The maximum atomic E-state index is 5.47. The van der Waals surface area contributed by atoms with Crippen molar-refractivity contribution >= 4 is 17.4 Å². The van der Waals surface area contributed by atoms with Crippen LogP contribution in [0.25, 0.3) is 6.08 Å². The van der Waals surface area contributed by atoms with E-state index in [4.69, 9.17) is 4.74 Å². The van der Waals surface area contributed by atoms with Crippen LogP contribution in [-0.2, 0) is 6.42 Å². The molecule has 1 N–H and O–H groups in total. The summed E-state index contributed by atoms with van der Waals surface area (Å²) in [4.78, 5) is 4.50. The number of benzene rings is 1. The monoisotopic (exact) mass is 357 g/mol. The Morgan fingerprint density at radius 1 is 1.40 bits per heavy atom. The average molecular weight is 357 g/mol. The zero-order valence-corrected chi connectivity index (χ0v) is 15.6. The van der Waals surface area contributed by atoms with E-state index in [1.807, 2.05) is 26.1 Å². The summed E-state index contributed by atoms with van der Waals surface area (Å²) in [6.45, 7) is 2.05. The van der Waals surface area contributed by atoms with Crippen molar-refractivity contribution in [1.29, 1.82) is 0 Å². The second kappa shape index (κ2) is 8.22. The number of thiazole rings is 1. The van der Waals surface area contributed by atoms with Gasteiger partial charge in [-0.2, -0.15) is 5.43 Å². The summed E-state index contributed by atoms with van der Waals surface area (Å²) < 4.78 is 5.47. The van der Waals surface area contributed by atoms with E-state index >= 15 is 0 Å². The Bertz CT molecular complexity index is 771. The Morgan fingerprint density at radius 3 is 2.96 bits per heavy atom. The van der Waals surface area contributed by atoms with E-state index in [1.165, 1.54) is 5.69 Å². The molecule has 7 heteroatoms. The number of aromatic nitrogens is 1. The van der Waals surface area contributed by atoms with Crippen molar-refractivity contribution in [1.82, 2.24) is 15.5 Å². The number of hydrazine groups is 1. The molecule has 0 spiro atoms.